The van der Waals surface area contributed by atoms with Gasteiger partial charge in [-0.15, -0.1) is 0 Å². The molecular formula is C19H29N5O3. The lowest BCUT2D eigenvalue weighted by molar-refractivity contribution is -0.129. The van der Waals surface area contributed by atoms with Gasteiger partial charge in [0, 0.05) is 77.5 Å². The van der Waals surface area contributed by atoms with E-state index in [4.69, 9.17) is 5.10 Å². The fraction of sp³-hybridized carbons (Fsp3) is 0.737. The topological polar surface area (TPSA) is 81.9 Å². The second-order valence-corrected chi connectivity index (χ2v) is 8.40. The lowest BCUT2D eigenvalue weighted by Gasteiger charge is -2.31. The predicted molar refractivity (Wildman–Crippen MR) is 99.3 cm³/mol. The number of rotatable bonds is 3. The lowest BCUT2D eigenvalue weighted by atomic mass is 9.91. The third-order valence-corrected chi connectivity index (χ3v) is 6.49. The van der Waals surface area contributed by atoms with Gasteiger partial charge in [0.2, 0.25) is 5.91 Å². The highest BCUT2D eigenvalue weighted by Gasteiger charge is 2.41. The zero-order valence-electron chi connectivity index (χ0n) is 16.2. The first kappa shape index (κ1) is 18.3. The summed E-state index contributed by atoms with van der Waals surface area (Å²) in [5.41, 5.74) is 2.47. The van der Waals surface area contributed by atoms with Crippen molar-refractivity contribution in [3.63, 3.8) is 0 Å². The Kier molecular flexibility index (Phi) is 4.84. The van der Waals surface area contributed by atoms with Crippen molar-refractivity contribution in [3.05, 3.63) is 17.5 Å². The van der Waals surface area contributed by atoms with Crippen LogP contribution in [0.3, 0.4) is 0 Å². The monoisotopic (exact) mass is 375 g/mol. The number of carboxylic acid groups (broad SMARTS) is 1. The number of nitrogens with zero attached hydrogens (tertiary/aromatic N) is 5. The number of carbonyl (C=O) groups excluding carboxylic acids is 1. The normalized spacial score (nSPS) is 26.6. The standard InChI is InChI=1S/C19H29N5O3/c1-13(25)23-5-3-14(4-6-23)18-17(7-21(2)20-18)10-22-8-15-11-24(19(26)27)12-16(15)9-22/h7,14-16H,3-6,8-12H2,1-2H3,(H,26,27). The van der Waals surface area contributed by atoms with Crippen molar-refractivity contribution in [2.45, 2.75) is 32.2 Å². The van der Waals surface area contributed by atoms with E-state index in [9.17, 15) is 14.7 Å². The van der Waals surface area contributed by atoms with Crippen LogP contribution in [0, 0.1) is 11.8 Å². The van der Waals surface area contributed by atoms with Gasteiger partial charge < -0.3 is 14.9 Å². The molecule has 2 amide bonds. The fourth-order valence-corrected chi connectivity index (χ4v) is 5.10. The van der Waals surface area contributed by atoms with Gasteiger partial charge in [-0.05, 0) is 24.7 Å². The van der Waals surface area contributed by atoms with Crippen LogP contribution in [0.5, 0.6) is 0 Å². The van der Waals surface area contributed by atoms with Crippen LogP contribution in [0.4, 0.5) is 4.79 Å². The molecule has 3 fully saturated rings. The zero-order valence-corrected chi connectivity index (χ0v) is 16.2. The van der Waals surface area contributed by atoms with Crippen molar-refractivity contribution in [2.24, 2.45) is 18.9 Å². The van der Waals surface area contributed by atoms with E-state index in [-0.39, 0.29) is 5.91 Å². The van der Waals surface area contributed by atoms with Crippen molar-refractivity contribution in [2.75, 3.05) is 39.3 Å². The first-order valence-electron chi connectivity index (χ1n) is 9.89. The van der Waals surface area contributed by atoms with E-state index in [2.05, 4.69) is 11.1 Å². The van der Waals surface area contributed by atoms with E-state index in [0.29, 0.717) is 30.8 Å². The molecule has 8 nitrogen and oxygen atoms in total. The molecule has 4 rings (SSSR count). The third kappa shape index (κ3) is 3.67. The molecule has 1 aromatic rings. The highest BCUT2D eigenvalue weighted by molar-refractivity contribution is 5.73. The molecule has 148 valence electrons. The molecule has 0 saturated carbocycles. The summed E-state index contributed by atoms with van der Waals surface area (Å²) in [6.45, 7) is 7.42. The van der Waals surface area contributed by atoms with Crippen LogP contribution < -0.4 is 0 Å². The number of likely N-dealkylation sites (tertiary alicyclic amines) is 3. The summed E-state index contributed by atoms with van der Waals surface area (Å²) in [5, 5.41) is 13.9. The molecule has 2 unspecified atom stereocenters. The Bertz CT molecular complexity index is 711. The number of hydrogen-bond donors (Lipinski definition) is 1. The number of fused-ring (bicyclic) bond motifs is 1. The minimum atomic E-state index is -0.789. The van der Waals surface area contributed by atoms with E-state index in [1.54, 1.807) is 11.8 Å². The van der Waals surface area contributed by atoms with Gasteiger partial charge in [0.1, 0.15) is 0 Å². The Morgan fingerprint density at radius 1 is 1.11 bits per heavy atom. The molecule has 2 atom stereocenters. The van der Waals surface area contributed by atoms with Gasteiger partial charge in [-0.3, -0.25) is 14.4 Å². The maximum absolute atomic E-state index is 11.6. The van der Waals surface area contributed by atoms with Crippen LogP contribution in [0.1, 0.15) is 36.9 Å². The molecule has 8 heteroatoms. The summed E-state index contributed by atoms with van der Waals surface area (Å²) < 4.78 is 1.91. The molecular weight excluding hydrogens is 346 g/mol. The van der Waals surface area contributed by atoms with E-state index in [1.165, 1.54) is 11.3 Å². The summed E-state index contributed by atoms with van der Waals surface area (Å²) in [4.78, 5) is 28.7. The van der Waals surface area contributed by atoms with E-state index < -0.39 is 6.09 Å². The van der Waals surface area contributed by atoms with Gasteiger partial charge >= 0.3 is 6.09 Å². The highest BCUT2D eigenvalue weighted by atomic mass is 16.4. The van der Waals surface area contributed by atoms with Gasteiger partial charge in [-0.1, -0.05) is 0 Å². The molecule has 0 radical (unpaired) electrons. The highest BCUT2D eigenvalue weighted by Crippen LogP contribution is 2.34. The van der Waals surface area contributed by atoms with Crippen LogP contribution in [-0.4, -0.2) is 80.9 Å². The van der Waals surface area contributed by atoms with Crippen LogP contribution in [-0.2, 0) is 18.4 Å². The lowest BCUT2D eigenvalue weighted by Crippen LogP contribution is -2.36. The summed E-state index contributed by atoms with van der Waals surface area (Å²) in [6.07, 6.45) is 3.29. The molecule has 0 aliphatic carbocycles. The smallest absolute Gasteiger partial charge is 0.407 e. The molecule has 1 N–H and O–H groups in total. The molecule has 0 spiro atoms. The molecule has 27 heavy (non-hydrogen) atoms. The minimum absolute atomic E-state index is 0.161. The van der Waals surface area contributed by atoms with Crippen molar-refractivity contribution in [3.8, 4) is 0 Å². The van der Waals surface area contributed by atoms with Crippen molar-refractivity contribution >= 4 is 12.0 Å². The Hall–Kier alpha value is -2.09. The summed E-state index contributed by atoms with van der Waals surface area (Å²) in [7, 11) is 1.97. The Labute approximate surface area is 159 Å². The van der Waals surface area contributed by atoms with Gasteiger partial charge in [-0.2, -0.15) is 5.10 Å². The fourth-order valence-electron chi connectivity index (χ4n) is 5.10. The average molecular weight is 375 g/mol. The van der Waals surface area contributed by atoms with Crippen LogP contribution in [0.2, 0.25) is 0 Å². The summed E-state index contributed by atoms with van der Waals surface area (Å²) >= 11 is 0. The second-order valence-electron chi connectivity index (χ2n) is 8.40. The molecule has 0 bridgehead atoms. The van der Waals surface area contributed by atoms with E-state index in [1.807, 2.05) is 16.6 Å². The second kappa shape index (κ2) is 7.14. The first-order chi connectivity index (χ1) is 12.9. The maximum atomic E-state index is 11.6. The third-order valence-electron chi connectivity index (χ3n) is 6.49. The van der Waals surface area contributed by atoms with Crippen LogP contribution in [0.25, 0.3) is 0 Å². The number of amides is 2. The van der Waals surface area contributed by atoms with Crippen molar-refractivity contribution < 1.29 is 14.7 Å². The van der Waals surface area contributed by atoms with Gasteiger partial charge in [0.25, 0.3) is 0 Å². The molecule has 4 heterocycles. The maximum Gasteiger partial charge on any atom is 0.407 e. The number of piperidine rings is 1. The Balaban J connectivity index is 1.39. The largest absolute Gasteiger partial charge is 0.465 e. The van der Waals surface area contributed by atoms with Crippen molar-refractivity contribution in [1.82, 2.24) is 24.5 Å². The first-order valence-corrected chi connectivity index (χ1v) is 9.89. The van der Waals surface area contributed by atoms with Crippen LogP contribution >= 0.6 is 0 Å². The summed E-state index contributed by atoms with van der Waals surface area (Å²) in [5.74, 6) is 1.50. The van der Waals surface area contributed by atoms with Crippen molar-refractivity contribution in [1.29, 1.82) is 0 Å². The molecule has 3 saturated heterocycles. The van der Waals surface area contributed by atoms with Gasteiger partial charge in [-0.25, -0.2) is 4.79 Å². The van der Waals surface area contributed by atoms with Crippen LogP contribution in [0.15, 0.2) is 6.20 Å². The molecule has 0 aromatic carbocycles. The van der Waals surface area contributed by atoms with E-state index in [0.717, 1.165) is 45.6 Å². The molecule has 3 aliphatic rings. The van der Waals surface area contributed by atoms with Gasteiger partial charge in [0.15, 0.2) is 0 Å². The summed E-state index contributed by atoms with van der Waals surface area (Å²) in [6, 6.07) is 0. The Morgan fingerprint density at radius 2 is 1.74 bits per heavy atom. The quantitative estimate of drug-likeness (QED) is 0.858. The molecule has 3 aliphatic heterocycles. The Morgan fingerprint density at radius 3 is 2.30 bits per heavy atom. The molecule has 1 aromatic heterocycles. The average Bonchev–Trinajstić information content (AvgIpc) is 3.28. The zero-order chi connectivity index (χ0) is 19.1. The SMILES string of the molecule is CC(=O)N1CCC(c2nn(C)cc2CN2CC3CN(C(=O)O)CC3C2)CC1. The minimum Gasteiger partial charge on any atom is -0.465 e. The number of hydrogen-bond acceptors (Lipinski definition) is 4. The number of aromatic nitrogens is 2. The predicted octanol–water partition coefficient (Wildman–Crippen LogP) is 1.19. The van der Waals surface area contributed by atoms with Gasteiger partial charge in [0.05, 0.1) is 5.69 Å². The van der Waals surface area contributed by atoms with E-state index >= 15 is 0 Å². The number of aryl methyl sites for hydroxylation is 1. The number of carbonyl (C=O) groups is 2.